The summed E-state index contributed by atoms with van der Waals surface area (Å²) in [5.41, 5.74) is -11.7. The summed E-state index contributed by atoms with van der Waals surface area (Å²) in [6, 6.07) is -22.0. The molecule has 0 heteroatoms. The van der Waals surface area contributed by atoms with Crippen LogP contribution in [0.4, 0.5) is 0 Å². The van der Waals surface area contributed by atoms with Gasteiger partial charge in [-0.05, 0) is 132 Å². The van der Waals surface area contributed by atoms with Crippen LogP contribution in [0.2, 0.25) is 0 Å². The molecule has 11 aromatic carbocycles. The number of fused-ring (bicyclic) bond motifs is 3. The molecule has 0 radical (unpaired) electrons. The lowest BCUT2D eigenvalue weighted by Gasteiger charge is -2.23. The molecule has 1 aliphatic carbocycles. The molecule has 0 saturated heterocycles. The van der Waals surface area contributed by atoms with E-state index in [2.05, 4.69) is 0 Å². The van der Waals surface area contributed by atoms with Crippen molar-refractivity contribution in [3.63, 3.8) is 0 Å². The van der Waals surface area contributed by atoms with E-state index in [9.17, 15) is 17.8 Å². The Bertz CT molecular complexity index is 4970. The molecule has 0 amide bonds. The van der Waals surface area contributed by atoms with Gasteiger partial charge in [-0.1, -0.05) is 171 Å². The fraction of sp³-hybridized carbons (Fsp3) is 0.0566. The summed E-state index contributed by atoms with van der Waals surface area (Å²) < 4.78 is 295. The zero-order valence-electron chi connectivity index (χ0n) is 58.7. The van der Waals surface area contributed by atoms with Crippen LogP contribution in [0.3, 0.4) is 0 Å². The Hall–Kier alpha value is -6.50. The highest BCUT2D eigenvalue weighted by molar-refractivity contribution is 6.27. The van der Waals surface area contributed by atoms with Crippen molar-refractivity contribution in [3.8, 4) is 44.5 Å². The van der Waals surface area contributed by atoms with Crippen molar-refractivity contribution in [3.05, 3.63) is 180 Å². The van der Waals surface area contributed by atoms with Crippen molar-refractivity contribution in [1.29, 1.82) is 0 Å². The summed E-state index contributed by atoms with van der Waals surface area (Å²) in [6.07, 6.45) is 0. The van der Waals surface area contributed by atoms with E-state index in [4.69, 9.17) is 26.0 Å². The van der Waals surface area contributed by atoms with E-state index in [1.807, 2.05) is 0 Å². The Morgan fingerprint density at radius 2 is 0.906 bits per heavy atom. The normalized spacial score (nSPS) is 22.6. The lowest BCUT2D eigenvalue weighted by atomic mass is 9.80. The second kappa shape index (κ2) is 10.3. The van der Waals surface area contributed by atoms with Gasteiger partial charge in [-0.15, -0.1) is 0 Å². The lowest BCUT2D eigenvalue weighted by molar-refractivity contribution is 0.660. The maximum absolute atomic E-state index is 10.5. The number of rotatable bonds is 3. The first kappa shape index (κ1) is 12.0. The van der Waals surface area contributed by atoms with Gasteiger partial charge in [0.25, 0.3) is 0 Å². The minimum Gasteiger partial charge on any atom is -0.0619 e. The molecule has 0 atom stereocenters. The van der Waals surface area contributed by atoms with E-state index >= 15 is 0 Å². The monoisotopic (exact) mass is 702 g/mol. The van der Waals surface area contributed by atoms with Crippen molar-refractivity contribution in [2.45, 2.75) is 19.1 Å². The van der Waals surface area contributed by atoms with Gasteiger partial charge in [-0.3, -0.25) is 0 Å². The van der Waals surface area contributed by atoms with E-state index in [-0.39, 0.29) is 10.8 Å². The zero-order valence-corrected chi connectivity index (χ0v) is 26.7. The maximum Gasteiger partial charge on any atom is 0.0636 e. The minimum absolute atomic E-state index is 0.323. The number of benzene rings is 11. The first-order valence-electron chi connectivity index (χ1n) is 32.2. The smallest absolute Gasteiger partial charge is 0.0619 e. The molecule has 0 saturated carbocycles. The van der Waals surface area contributed by atoms with Gasteiger partial charge in [-0.25, -0.2) is 0 Å². The standard InChI is InChI=1S/C53H34/c1-53(2)47-12-4-3-11-42(47)43-26-22-38(30-48(43)53)40-24-21-37(39-23-17-35-15-13-31-7-5-9-33-19-27-44(39)51(35)49(31)33)29-46(40)41-25-18-36-16-14-32-8-6-10-34-20-28-45(41)52(36)50(32)34/h3-30H,1-2H3/i1D3,2D3,3D,4D,5D,6D,7D,8D,9D,10D,11D,12D,13D,14D,15D,16D,17D,18D,19D,20D,22D,23D,24D,25D,26D,27D,28D,29D. The van der Waals surface area contributed by atoms with Gasteiger partial charge >= 0.3 is 0 Å². The third-order valence-electron chi connectivity index (χ3n) is 9.88. The molecular weight excluding hydrogens is 637 g/mol. The molecule has 0 aromatic heterocycles. The molecule has 0 fully saturated rings. The van der Waals surface area contributed by atoms with Crippen LogP contribution >= 0.6 is 0 Å². The van der Waals surface area contributed by atoms with Crippen LogP contribution in [0.25, 0.3) is 109 Å². The second-order valence-corrected chi connectivity index (χ2v) is 12.7. The van der Waals surface area contributed by atoms with E-state index in [0.29, 0.717) is 0 Å². The first-order valence-corrected chi connectivity index (χ1v) is 16.2. The fourth-order valence-electron chi connectivity index (χ4n) is 7.49. The molecule has 12 rings (SSSR count). The van der Waals surface area contributed by atoms with Crippen molar-refractivity contribution in [1.82, 2.24) is 0 Å². The minimum atomic E-state index is -3.83. The number of hydrogen-bond acceptors (Lipinski definition) is 0. The molecule has 1 aliphatic rings. The van der Waals surface area contributed by atoms with E-state index in [1.54, 1.807) is 0 Å². The van der Waals surface area contributed by atoms with Gasteiger partial charge in [0.15, 0.2) is 0 Å². The maximum atomic E-state index is 10.5. The van der Waals surface area contributed by atoms with Gasteiger partial charge in [0.1, 0.15) is 0 Å². The van der Waals surface area contributed by atoms with Gasteiger partial charge < -0.3 is 0 Å². The van der Waals surface area contributed by atoms with Crippen LogP contribution in [-0.4, -0.2) is 0 Å². The third-order valence-corrected chi connectivity index (χ3v) is 9.88. The largest absolute Gasteiger partial charge is 0.0636 e. The van der Waals surface area contributed by atoms with Gasteiger partial charge in [-0.2, -0.15) is 0 Å². The molecule has 0 spiro atoms. The van der Waals surface area contributed by atoms with E-state index in [1.165, 1.54) is 0 Å². The van der Waals surface area contributed by atoms with Crippen LogP contribution in [0, 0.1) is 0 Å². The Morgan fingerprint density at radius 3 is 1.57 bits per heavy atom. The van der Waals surface area contributed by atoms with E-state index in [0.717, 1.165) is 12.1 Å². The summed E-state index contributed by atoms with van der Waals surface area (Å²) in [6.45, 7) is -7.66. The molecular formula is C53H34. The Labute approximate surface area is 353 Å². The molecule has 246 valence electrons. The zero-order chi connectivity index (χ0) is 62.6. The van der Waals surface area contributed by atoms with Gasteiger partial charge in [0.2, 0.25) is 0 Å². The Kier molecular flexibility index (Phi) is 2.34. The SMILES string of the molecule is [2H]c1cc(-c2c([2H])c([2H])c3c([2H])c([2H])c4c([2H])c([2H])c([2H])c5c([2H])c([2H])c2c3c45)c([2H])c(-c2c([2H])c([2H])c3c([2H])c([2H])c4c([2H])c([2H])c([2H])c5c([2H])c([2H])c2c3c45)c1-c1cc2c(c([2H])c1[2H])-c1c([2H])c([2H])c([2H])c([2H])c1C2(C([2H])([2H])[2H])C([2H])([2H])[2H]. The van der Waals surface area contributed by atoms with Crippen LogP contribution in [-0.2, 0) is 5.41 Å². The molecule has 0 nitrogen and oxygen atoms in total. The summed E-state index contributed by atoms with van der Waals surface area (Å²) in [5.74, 6) is 0. The molecule has 0 bridgehead atoms. The summed E-state index contributed by atoms with van der Waals surface area (Å²) >= 11 is 0. The Morgan fingerprint density at radius 1 is 0.377 bits per heavy atom. The second-order valence-electron chi connectivity index (χ2n) is 12.7. The summed E-state index contributed by atoms with van der Waals surface area (Å²) in [7, 11) is 0. The average molecular weight is 703 g/mol. The summed E-state index contributed by atoms with van der Waals surface area (Å²) in [4.78, 5) is 0. The predicted octanol–water partition coefficient (Wildman–Crippen LogP) is 14.8. The van der Waals surface area contributed by atoms with E-state index < -0.39 is 286 Å². The predicted molar refractivity (Wildman–Crippen MR) is 228 cm³/mol. The van der Waals surface area contributed by atoms with Gasteiger partial charge in [0, 0.05) is 13.6 Å². The highest BCUT2D eigenvalue weighted by Crippen LogP contribution is 2.51. The average Bonchev–Trinajstić information content (AvgIpc) is 1.68. The highest BCUT2D eigenvalue weighted by atomic mass is 14.4. The highest BCUT2D eigenvalue weighted by Gasteiger charge is 2.35. The summed E-state index contributed by atoms with van der Waals surface area (Å²) in [5, 5.41) is -5.76. The molecule has 0 aliphatic heterocycles. The molecule has 11 aromatic rings. The molecule has 0 heterocycles. The fourth-order valence-corrected chi connectivity index (χ4v) is 7.49. The van der Waals surface area contributed by atoms with Crippen molar-refractivity contribution < 1.29 is 43.9 Å². The lowest BCUT2D eigenvalue weighted by Crippen LogP contribution is -2.14. The third kappa shape index (κ3) is 3.90. The quantitative estimate of drug-likeness (QED) is 0.161. The molecule has 0 unspecified atom stereocenters. The van der Waals surface area contributed by atoms with Crippen LogP contribution in [0.5, 0.6) is 0 Å². The van der Waals surface area contributed by atoms with Gasteiger partial charge in [0.05, 0.1) is 35.6 Å². The van der Waals surface area contributed by atoms with Crippen molar-refractivity contribution in [2.24, 2.45) is 0 Å². The van der Waals surface area contributed by atoms with Crippen molar-refractivity contribution >= 4 is 64.6 Å². The Balaban J connectivity index is 1.37. The first-order chi connectivity index (χ1) is 39.4. The topological polar surface area (TPSA) is 0 Å². The van der Waals surface area contributed by atoms with Crippen LogP contribution in [0.15, 0.2) is 169 Å². The van der Waals surface area contributed by atoms with Crippen LogP contribution < -0.4 is 0 Å². The van der Waals surface area contributed by atoms with Crippen molar-refractivity contribution in [2.75, 3.05) is 0 Å². The number of hydrogen-bond donors (Lipinski definition) is 0. The van der Waals surface area contributed by atoms with Crippen LogP contribution in [0.1, 0.15) is 68.7 Å². The molecule has 0 N–H and O–H groups in total. The molecule has 53 heavy (non-hydrogen) atoms.